The van der Waals surface area contributed by atoms with Crippen molar-refractivity contribution in [3.63, 3.8) is 0 Å². The molecule has 1 aromatic rings. The van der Waals surface area contributed by atoms with E-state index in [1.165, 1.54) is 16.0 Å². The molecule has 2 rings (SSSR count). The topological polar surface area (TPSA) is 82.2 Å². The van der Waals surface area contributed by atoms with Gasteiger partial charge in [-0.2, -0.15) is 5.10 Å². The molecule has 1 unspecified atom stereocenters. The summed E-state index contributed by atoms with van der Waals surface area (Å²) in [6.45, 7) is 4.04. The van der Waals surface area contributed by atoms with Gasteiger partial charge in [-0.1, -0.05) is 29.8 Å². The molecule has 0 fully saturated rings. The highest BCUT2D eigenvalue weighted by Gasteiger charge is 2.35. The summed E-state index contributed by atoms with van der Waals surface area (Å²) in [7, 11) is 0. The van der Waals surface area contributed by atoms with Gasteiger partial charge in [-0.25, -0.2) is 9.80 Å². The summed E-state index contributed by atoms with van der Waals surface area (Å²) in [5, 5.41) is 15.9. The minimum atomic E-state index is -1.06. The summed E-state index contributed by atoms with van der Waals surface area (Å²) in [4.78, 5) is 12.8. The van der Waals surface area contributed by atoms with E-state index < -0.39 is 12.1 Å². The van der Waals surface area contributed by atoms with Crippen LogP contribution in [0.25, 0.3) is 0 Å². The quantitative estimate of drug-likeness (QED) is 0.649. The second-order valence-corrected chi connectivity index (χ2v) is 5.51. The SMILES string of the molecule is C=CCN(C(=O)O)C1CN(C(N)=S)N=C1c1ccc(Cl)cc1. The molecule has 1 aliphatic rings. The van der Waals surface area contributed by atoms with Gasteiger partial charge in [0.1, 0.15) is 0 Å². The van der Waals surface area contributed by atoms with E-state index in [9.17, 15) is 9.90 Å². The first kappa shape index (κ1) is 16.3. The highest BCUT2D eigenvalue weighted by atomic mass is 35.5. The van der Waals surface area contributed by atoms with Crippen LogP contribution < -0.4 is 5.73 Å². The van der Waals surface area contributed by atoms with Gasteiger partial charge in [0.05, 0.1) is 18.3 Å². The molecule has 22 heavy (non-hydrogen) atoms. The molecule has 1 aromatic carbocycles. The number of nitrogens with zero attached hydrogens (tertiary/aromatic N) is 3. The van der Waals surface area contributed by atoms with Crippen molar-refractivity contribution in [1.29, 1.82) is 0 Å². The lowest BCUT2D eigenvalue weighted by Crippen LogP contribution is -2.47. The summed E-state index contributed by atoms with van der Waals surface area (Å²) in [5.41, 5.74) is 6.96. The van der Waals surface area contributed by atoms with Crippen LogP contribution in [0.15, 0.2) is 42.0 Å². The predicted octanol–water partition coefficient (Wildman–Crippen LogP) is 2.14. The molecule has 0 radical (unpaired) electrons. The standard InChI is InChI=1S/C14H15ClN4O2S/c1-2-7-18(14(20)21)11-8-19(13(16)22)17-12(11)9-3-5-10(15)6-4-9/h2-6,11H,1,7-8H2,(H2,16,22)(H,20,21). The molecule has 1 heterocycles. The Morgan fingerprint density at radius 1 is 1.59 bits per heavy atom. The van der Waals surface area contributed by atoms with E-state index in [2.05, 4.69) is 11.7 Å². The van der Waals surface area contributed by atoms with E-state index >= 15 is 0 Å². The van der Waals surface area contributed by atoms with E-state index in [0.717, 1.165) is 5.56 Å². The third-order valence-electron chi connectivity index (χ3n) is 3.23. The maximum atomic E-state index is 11.5. The smallest absolute Gasteiger partial charge is 0.408 e. The fourth-order valence-corrected chi connectivity index (χ4v) is 2.46. The van der Waals surface area contributed by atoms with Crippen LogP contribution in [0.2, 0.25) is 5.02 Å². The first-order valence-electron chi connectivity index (χ1n) is 6.46. The molecule has 0 aliphatic carbocycles. The first-order valence-corrected chi connectivity index (χ1v) is 7.24. The maximum Gasteiger partial charge on any atom is 0.408 e. The molecule has 116 valence electrons. The Morgan fingerprint density at radius 3 is 2.73 bits per heavy atom. The van der Waals surface area contributed by atoms with Gasteiger partial charge >= 0.3 is 6.09 Å². The minimum Gasteiger partial charge on any atom is -0.465 e. The number of benzene rings is 1. The van der Waals surface area contributed by atoms with Crippen LogP contribution in [0, 0.1) is 0 Å². The van der Waals surface area contributed by atoms with Crippen LogP contribution >= 0.6 is 23.8 Å². The lowest BCUT2D eigenvalue weighted by atomic mass is 10.0. The third-order valence-corrected chi connectivity index (χ3v) is 3.69. The van der Waals surface area contributed by atoms with Crippen LogP contribution in [0.3, 0.4) is 0 Å². The van der Waals surface area contributed by atoms with Crippen molar-refractivity contribution >= 4 is 40.7 Å². The van der Waals surface area contributed by atoms with Crippen LogP contribution in [0.1, 0.15) is 5.56 Å². The van der Waals surface area contributed by atoms with Crippen molar-refractivity contribution in [3.05, 3.63) is 47.5 Å². The van der Waals surface area contributed by atoms with Gasteiger partial charge in [0.25, 0.3) is 0 Å². The summed E-state index contributed by atoms with van der Waals surface area (Å²) in [6.07, 6.45) is 0.466. The molecule has 0 saturated carbocycles. The van der Waals surface area contributed by atoms with Crippen LogP contribution in [0.4, 0.5) is 4.79 Å². The van der Waals surface area contributed by atoms with E-state index in [-0.39, 0.29) is 18.2 Å². The number of rotatable bonds is 4. The summed E-state index contributed by atoms with van der Waals surface area (Å²) < 4.78 is 0. The van der Waals surface area contributed by atoms with Gasteiger partial charge in [0.15, 0.2) is 5.11 Å². The Balaban J connectivity index is 2.41. The third kappa shape index (κ3) is 3.37. The molecular formula is C14H15ClN4O2S. The Kier molecular flexibility index (Phi) is 4.99. The van der Waals surface area contributed by atoms with Crippen molar-refractivity contribution in [2.24, 2.45) is 10.8 Å². The van der Waals surface area contributed by atoms with Crippen molar-refractivity contribution in [3.8, 4) is 0 Å². The molecule has 0 spiro atoms. The number of carbonyl (C=O) groups is 1. The predicted molar refractivity (Wildman–Crippen MR) is 90.2 cm³/mol. The number of nitrogens with two attached hydrogens (primary N) is 1. The molecule has 0 saturated heterocycles. The number of hydrogen-bond donors (Lipinski definition) is 2. The van der Waals surface area contributed by atoms with Crippen molar-refractivity contribution in [2.75, 3.05) is 13.1 Å². The lowest BCUT2D eigenvalue weighted by molar-refractivity contribution is 0.141. The van der Waals surface area contributed by atoms with Crippen molar-refractivity contribution < 1.29 is 9.90 Å². The van der Waals surface area contributed by atoms with E-state index in [0.29, 0.717) is 10.7 Å². The molecular weight excluding hydrogens is 324 g/mol. The normalized spacial score (nSPS) is 17.0. The van der Waals surface area contributed by atoms with Gasteiger partial charge in [-0.3, -0.25) is 4.90 Å². The van der Waals surface area contributed by atoms with E-state index in [4.69, 9.17) is 29.6 Å². The number of halogens is 1. The number of hydrazone groups is 1. The average Bonchev–Trinajstić information content (AvgIpc) is 2.90. The largest absolute Gasteiger partial charge is 0.465 e. The second-order valence-electron chi connectivity index (χ2n) is 4.65. The van der Waals surface area contributed by atoms with Gasteiger partial charge in [0.2, 0.25) is 0 Å². The zero-order valence-corrected chi connectivity index (χ0v) is 13.2. The highest BCUT2D eigenvalue weighted by molar-refractivity contribution is 7.80. The van der Waals surface area contributed by atoms with Crippen LogP contribution in [0.5, 0.6) is 0 Å². The Bertz CT molecular complexity index is 632. The first-order chi connectivity index (χ1) is 10.4. The second kappa shape index (κ2) is 6.76. The Hall–Kier alpha value is -2.12. The fraction of sp³-hybridized carbons (Fsp3) is 0.214. The monoisotopic (exact) mass is 338 g/mol. The summed E-state index contributed by atoms with van der Waals surface area (Å²) >= 11 is 10.8. The summed E-state index contributed by atoms with van der Waals surface area (Å²) in [5.74, 6) is 0. The average molecular weight is 339 g/mol. The van der Waals surface area contributed by atoms with Crippen molar-refractivity contribution in [2.45, 2.75) is 6.04 Å². The minimum absolute atomic E-state index is 0.0953. The molecule has 3 N–H and O–H groups in total. The number of thiocarbonyl (C=S) groups is 1. The summed E-state index contributed by atoms with van der Waals surface area (Å²) in [6, 6.07) is 6.52. The van der Waals surface area contributed by atoms with Crippen molar-refractivity contribution in [1.82, 2.24) is 9.91 Å². The molecule has 1 atom stereocenters. The van der Waals surface area contributed by atoms with Crippen LogP contribution in [-0.2, 0) is 0 Å². The van der Waals surface area contributed by atoms with E-state index in [1.807, 2.05) is 0 Å². The molecule has 6 nitrogen and oxygen atoms in total. The van der Waals surface area contributed by atoms with Gasteiger partial charge in [0, 0.05) is 17.1 Å². The fourth-order valence-electron chi connectivity index (χ4n) is 2.22. The van der Waals surface area contributed by atoms with Gasteiger partial charge < -0.3 is 10.8 Å². The zero-order valence-electron chi connectivity index (χ0n) is 11.6. The van der Waals surface area contributed by atoms with E-state index in [1.54, 1.807) is 24.3 Å². The molecule has 1 aliphatic heterocycles. The molecule has 8 heteroatoms. The maximum absolute atomic E-state index is 11.5. The molecule has 0 aromatic heterocycles. The molecule has 0 bridgehead atoms. The molecule has 1 amide bonds. The number of amides is 1. The lowest BCUT2D eigenvalue weighted by Gasteiger charge is -2.26. The number of carboxylic acid groups (broad SMARTS) is 1. The van der Waals surface area contributed by atoms with Crippen LogP contribution in [-0.4, -0.2) is 51.1 Å². The zero-order chi connectivity index (χ0) is 16.3. The number of hydrogen-bond acceptors (Lipinski definition) is 3. The Labute approximate surface area is 138 Å². The van der Waals surface area contributed by atoms with Gasteiger partial charge in [-0.15, -0.1) is 6.58 Å². The van der Waals surface area contributed by atoms with Gasteiger partial charge in [-0.05, 0) is 24.4 Å². The highest BCUT2D eigenvalue weighted by Crippen LogP contribution is 2.21. The Morgan fingerprint density at radius 2 is 2.23 bits per heavy atom.